The third-order valence-corrected chi connectivity index (χ3v) is 8.85. The summed E-state index contributed by atoms with van der Waals surface area (Å²) in [6, 6.07) is 4.57. The second-order valence-electron chi connectivity index (χ2n) is 10.3. The number of aromatic nitrogens is 3. The molecule has 3 aliphatic rings. The molecule has 0 aliphatic carbocycles. The Morgan fingerprint density at radius 3 is 2.37 bits per heavy atom. The summed E-state index contributed by atoms with van der Waals surface area (Å²) < 4.78 is 1.87. The van der Waals surface area contributed by atoms with Gasteiger partial charge in [-0.05, 0) is 89.8 Å². The van der Waals surface area contributed by atoms with Gasteiger partial charge < -0.3 is 20.0 Å². The Kier molecular flexibility index (Phi) is 8.70. The van der Waals surface area contributed by atoms with Gasteiger partial charge in [-0.25, -0.2) is 0 Å². The standard InChI is InChI=1S/C26H41N7OS/c34-24(27-13-9-14-30-20-11-22(12-21-30)31-15-6-3-7-16-31)23-10-8-19-33(23)26-29-28-25(35-26)32-17-4-1-2-5-18-32/h8,10,19,22H,1-7,9,11-18,20-21H2,(H,27,34). The molecule has 0 saturated carbocycles. The van der Waals surface area contributed by atoms with Crippen LogP contribution in [0.2, 0.25) is 0 Å². The molecule has 0 aromatic carbocycles. The summed E-state index contributed by atoms with van der Waals surface area (Å²) >= 11 is 1.57. The van der Waals surface area contributed by atoms with Crippen LogP contribution >= 0.6 is 11.3 Å². The van der Waals surface area contributed by atoms with Crippen molar-refractivity contribution in [2.24, 2.45) is 0 Å². The van der Waals surface area contributed by atoms with Crippen LogP contribution in [0.3, 0.4) is 0 Å². The van der Waals surface area contributed by atoms with E-state index >= 15 is 0 Å². The SMILES string of the molecule is O=C(NCCCN1CCC(N2CCCCC2)CC1)c1cccn1-c1nnc(N2CCCCCC2)s1. The molecule has 5 heterocycles. The number of rotatable bonds is 8. The van der Waals surface area contributed by atoms with Gasteiger partial charge in [-0.15, -0.1) is 10.2 Å². The highest BCUT2D eigenvalue weighted by Gasteiger charge is 2.25. The van der Waals surface area contributed by atoms with Crippen LogP contribution in [0.25, 0.3) is 5.13 Å². The second kappa shape index (κ2) is 12.3. The van der Waals surface area contributed by atoms with Crippen LogP contribution < -0.4 is 10.2 Å². The highest BCUT2D eigenvalue weighted by Crippen LogP contribution is 2.26. The first-order valence-corrected chi connectivity index (χ1v) is 14.6. The normalized spacial score (nSPS) is 21.2. The number of likely N-dealkylation sites (tertiary alicyclic amines) is 2. The molecule has 3 fully saturated rings. The number of nitrogens with one attached hydrogen (secondary N) is 1. The van der Waals surface area contributed by atoms with Crippen molar-refractivity contribution >= 4 is 22.4 Å². The number of amides is 1. The average molecular weight is 500 g/mol. The second-order valence-corrected chi connectivity index (χ2v) is 11.2. The molecule has 3 saturated heterocycles. The summed E-state index contributed by atoms with van der Waals surface area (Å²) in [5.74, 6) is -0.0367. The van der Waals surface area contributed by atoms with E-state index in [0.717, 1.165) is 42.4 Å². The summed E-state index contributed by atoms with van der Waals surface area (Å²) in [5.41, 5.74) is 0.630. The topological polar surface area (TPSA) is 69.5 Å². The predicted octanol–water partition coefficient (Wildman–Crippen LogP) is 3.78. The van der Waals surface area contributed by atoms with E-state index in [1.165, 1.54) is 84.0 Å². The zero-order valence-electron chi connectivity index (χ0n) is 21.0. The number of carbonyl (C=O) groups excluding carboxylic acids is 1. The van der Waals surface area contributed by atoms with Gasteiger partial charge in [0.25, 0.3) is 5.91 Å². The van der Waals surface area contributed by atoms with Crippen molar-refractivity contribution in [3.8, 4) is 5.13 Å². The minimum atomic E-state index is -0.0367. The fourth-order valence-electron chi connectivity index (χ4n) is 5.81. The number of carbonyl (C=O) groups is 1. The molecule has 0 radical (unpaired) electrons. The van der Waals surface area contributed by atoms with Crippen molar-refractivity contribution in [3.05, 3.63) is 24.0 Å². The van der Waals surface area contributed by atoms with E-state index in [0.29, 0.717) is 12.2 Å². The molecule has 8 nitrogen and oxygen atoms in total. The van der Waals surface area contributed by atoms with Gasteiger partial charge in [-0.3, -0.25) is 9.36 Å². The molecule has 192 valence electrons. The van der Waals surface area contributed by atoms with Crippen molar-refractivity contribution < 1.29 is 4.79 Å². The lowest BCUT2D eigenvalue weighted by Gasteiger charge is -2.40. The monoisotopic (exact) mass is 499 g/mol. The molecular formula is C26H41N7OS. The van der Waals surface area contributed by atoms with Crippen LogP contribution in [0.5, 0.6) is 0 Å². The zero-order valence-corrected chi connectivity index (χ0v) is 21.9. The van der Waals surface area contributed by atoms with Gasteiger partial charge in [0.05, 0.1) is 0 Å². The maximum absolute atomic E-state index is 12.9. The molecule has 2 aromatic rings. The molecule has 1 amide bonds. The third kappa shape index (κ3) is 6.43. The van der Waals surface area contributed by atoms with E-state index < -0.39 is 0 Å². The Bertz CT molecular complexity index is 922. The van der Waals surface area contributed by atoms with Gasteiger partial charge in [0.1, 0.15) is 5.69 Å². The maximum Gasteiger partial charge on any atom is 0.268 e. The molecule has 2 aromatic heterocycles. The van der Waals surface area contributed by atoms with Crippen LogP contribution in [-0.4, -0.2) is 88.9 Å². The van der Waals surface area contributed by atoms with Gasteiger partial charge >= 0.3 is 0 Å². The van der Waals surface area contributed by atoms with Gasteiger partial charge in [-0.2, -0.15) is 0 Å². The number of anilines is 1. The minimum absolute atomic E-state index is 0.0367. The first-order chi connectivity index (χ1) is 17.3. The van der Waals surface area contributed by atoms with Crippen LogP contribution in [0.1, 0.15) is 74.7 Å². The Balaban J connectivity index is 1.06. The minimum Gasteiger partial charge on any atom is -0.351 e. The Hall–Kier alpha value is -1.97. The van der Waals surface area contributed by atoms with E-state index in [1.807, 2.05) is 22.9 Å². The van der Waals surface area contributed by atoms with Crippen molar-refractivity contribution in [1.82, 2.24) is 29.9 Å². The van der Waals surface area contributed by atoms with E-state index in [2.05, 4.69) is 30.2 Å². The first-order valence-electron chi connectivity index (χ1n) is 13.8. The summed E-state index contributed by atoms with van der Waals surface area (Å²) in [6.07, 6.45) is 14.7. The summed E-state index contributed by atoms with van der Waals surface area (Å²) in [5, 5.41) is 13.7. The Morgan fingerprint density at radius 1 is 0.914 bits per heavy atom. The molecule has 0 unspecified atom stereocenters. The Morgan fingerprint density at radius 2 is 1.60 bits per heavy atom. The molecule has 1 N–H and O–H groups in total. The van der Waals surface area contributed by atoms with E-state index in [-0.39, 0.29) is 5.91 Å². The fraction of sp³-hybridized carbons (Fsp3) is 0.731. The quantitative estimate of drug-likeness (QED) is 0.558. The lowest BCUT2D eigenvalue weighted by molar-refractivity contribution is 0.0900. The highest BCUT2D eigenvalue weighted by atomic mass is 32.1. The number of hydrogen-bond acceptors (Lipinski definition) is 7. The van der Waals surface area contributed by atoms with Gasteiger partial charge in [0, 0.05) is 31.9 Å². The van der Waals surface area contributed by atoms with Crippen molar-refractivity contribution in [2.45, 2.75) is 70.3 Å². The van der Waals surface area contributed by atoms with Gasteiger partial charge in [0.2, 0.25) is 10.3 Å². The number of piperidine rings is 2. The molecule has 9 heteroatoms. The lowest BCUT2D eigenvalue weighted by Crippen LogP contribution is -2.47. The molecular weight excluding hydrogens is 458 g/mol. The van der Waals surface area contributed by atoms with Crippen molar-refractivity contribution in [2.75, 3.05) is 57.3 Å². The largest absolute Gasteiger partial charge is 0.351 e. The smallest absolute Gasteiger partial charge is 0.268 e. The van der Waals surface area contributed by atoms with Crippen LogP contribution in [0, 0.1) is 0 Å². The Labute approximate surface area is 213 Å². The summed E-state index contributed by atoms with van der Waals surface area (Å²) in [4.78, 5) is 20.6. The lowest BCUT2D eigenvalue weighted by atomic mass is 10.00. The highest BCUT2D eigenvalue weighted by molar-refractivity contribution is 7.17. The molecule has 3 aliphatic heterocycles. The van der Waals surface area contributed by atoms with Crippen LogP contribution in [0.15, 0.2) is 18.3 Å². The molecule has 0 atom stereocenters. The number of hydrogen-bond donors (Lipinski definition) is 1. The van der Waals surface area contributed by atoms with Gasteiger partial charge in [0.15, 0.2) is 0 Å². The van der Waals surface area contributed by atoms with E-state index in [9.17, 15) is 4.79 Å². The first kappa shape index (κ1) is 24.7. The number of nitrogens with zero attached hydrogens (tertiary/aromatic N) is 6. The van der Waals surface area contributed by atoms with Crippen LogP contribution in [-0.2, 0) is 0 Å². The van der Waals surface area contributed by atoms with Gasteiger partial charge in [-0.1, -0.05) is 30.6 Å². The predicted molar refractivity (Wildman–Crippen MR) is 142 cm³/mol. The molecule has 5 rings (SSSR count). The van der Waals surface area contributed by atoms with E-state index in [4.69, 9.17) is 0 Å². The zero-order chi connectivity index (χ0) is 23.9. The fourth-order valence-corrected chi connectivity index (χ4v) is 6.71. The summed E-state index contributed by atoms with van der Waals surface area (Å²) in [7, 11) is 0. The maximum atomic E-state index is 12.9. The summed E-state index contributed by atoms with van der Waals surface area (Å²) in [6.45, 7) is 8.83. The molecule has 0 spiro atoms. The molecule has 0 bridgehead atoms. The van der Waals surface area contributed by atoms with Crippen molar-refractivity contribution in [1.29, 1.82) is 0 Å². The average Bonchev–Trinajstić information content (AvgIpc) is 3.51. The third-order valence-electron chi connectivity index (χ3n) is 7.87. The van der Waals surface area contributed by atoms with E-state index in [1.54, 1.807) is 11.3 Å². The molecule has 35 heavy (non-hydrogen) atoms. The van der Waals surface area contributed by atoms with Crippen LogP contribution in [0.4, 0.5) is 5.13 Å². The van der Waals surface area contributed by atoms with Crippen molar-refractivity contribution in [3.63, 3.8) is 0 Å².